The van der Waals surface area contributed by atoms with Gasteiger partial charge in [-0.1, -0.05) is 65.9 Å². The molecule has 1 aromatic rings. The van der Waals surface area contributed by atoms with Crippen LogP contribution in [0.2, 0.25) is 0 Å². The second-order valence-electron chi connectivity index (χ2n) is 4.75. The Hall–Kier alpha value is -0.220. The van der Waals surface area contributed by atoms with E-state index in [-0.39, 0.29) is 0 Å². The number of hydrogen-bond donors (Lipinski definition) is 0. The highest BCUT2D eigenvalue weighted by Gasteiger charge is 2.25. The molecule has 0 amide bonds. The van der Waals surface area contributed by atoms with Gasteiger partial charge in [-0.25, -0.2) is 0 Å². The first-order valence-electron chi connectivity index (χ1n) is 6.02. The molecule has 0 bridgehead atoms. The van der Waals surface area contributed by atoms with Crippen LogP contribution in [0.25, 0.3) is 0 Å². The van der Waals surface area contributed by atoms with Crippen LogP contribution < -0.4 is 0 Å². The van der Waals surface area contributed by atoms with Gasteiger partial charge in [0.25, 0.3) is 0 Å². The highest BCUT2D eigenvalue weighted by atomic mass is 127. The van der Waals surface area contributed by atoms with Gasteiger partial charge in [0, 0.05) is 10.7 Å². The van der Waals surface area contributed by atoms with Gasteiger partial charge in [0.2, 0.25) is 0 Å². The molecule has 2 atom stereocenters. The van der Waals surface area contributed by atoms with Crippen LogP contribution in [0, 0.1) is 5.92 Å². The fraction of sp³-hybridized carbons (Fsp3) is 0.333. The van der Waals surface area contributed by atoms with Crippen molar-refractivity contribution in [1.29, 1.82) is 0 Å². The zero-order valence-corrected chi connectivity index (χ0v) is 12.8. The van der Waals surface area contributed by atoms with Gasteiger partial charge in [0.1, 0.15) is 0 Å². The van der Waals surface area contributed by atoms with E-state index in [4.69, 9.17) is 0 Å². The molecule has 2 aliphatic rings. The molecule has 0 N–H and O–H groups in total. The normalized spacial score (nSPS) is 27.4. The Kier molecular flexibility index (Phi) is 3.35. The summed E-state index contributed by atoms with van der Waals surface area (Å²) in [5, 5.41) is 0. The topological polar surface area (TPSA) is 0 Å². The molecule has 88 valence electrons. The van der Waals surface area contributed by atoms with Crippen LogP contribution in [0.5, 0.6) is 0 Å². The van der Waals surface area contributed by atoms with E-state index in [0.29, 0.717) is 9.84 Å². The number of alkyl halides is 1. The second-order valence-corrected chi connectivity index (χ2v) is 7.02. The summed E-state index contributed by atoms with van der Waals surface area (Å²) in [4.78, 5) is 1.51. The number of allylic oxidation sites excluding steroid dienone is 3. The zero-order valence-electron chi connectivity index (χ0n) is 9.82. The van der Waals surface area contributed by atoms with Gasteiger partial charge in [-0.15, -0.1) is 11.8 Å². The number of halogens is 1. The van der Waals surface area contributed by atoms with Crippen molar-refractivity contribution in [1.82, 2.24) is 0 Å². The lowest BCUT2D eigenvalue weighted by Gasteiger charge is -2.20. The fourth-order valence-corrected chi connectivity index (χ4v) is 5.11. The van der Waals surface area contributed by atoms with Crippen LogP contribution in [-0.4, -0.2) is 0 Å². The van der Waals surface area contributed by atoms with E-state index in [2.05, 4.69) is 65.9 Å². The van der Waals surface area contributed by atoms with E-state index in [1.807, 2.05) is 11.8 Å². The summed E-state index contributed by atoms with van der Waals surface area (Å²) in [5.41, 5.74) is 4.55. The van der Waals surface area contributed by atoms with Gasteiger partial charge in [0.05, 0.1) is 3.92 Å². The first-order valence-corrected chi connectivity index (χ1v) is 8.26. The molecule has 0 nitrogen and oxygen atoms in total. The summed E-state index contributed by atoms with van der Waals surface area (Å²) in [5.74, 6) is 1.82. The maximum absolute atomic E-state index is 2.59. The fourth-order valence-electron chi connectivity index (χ4n) is 2.43. The van der Waals surface area contributed by atoms with Crippen LogP contribution in [0.15, 0.2) is 46.9 Å². The molecule has 3 rings (SSSR count). The summed E-state index contributed by atoms with van der Waals surface area (Å²) in [6.07, 6.45) is 6.10. The SMILES string of the molecule is CC1C=C2SCc3ccccc3C(I)C2=CC1. The molecule has 1 aliphatic heterocycles. The first kappa shape index (κ1) is 11.8. The summed E-state index contributed by atoms with van der Waals surface area (Å²) >= 11 is 4.60. The molecular formula is C15H15IS. The smallest absolute Gasteiger partial charge is 0.0619 e. The van der Waals surface area contributed by atoms with E-state index < -0.39 is 0 Å². The maximum atomic E-state index is 2.59. The maximum Gasteiger partial charge on any atom is 0.0619 e. The van der Waals surface area contributed by atoms with E-state index in [9.17, 15) is 0 Å². The van der Waals surface area contributed by atoms with Crippen molar-refractivity contribution in [2.24, 2.45) is 5.92 Å². The van der Waals surface area contributed by atoms with Gasteiger partial charge in [-0.05, 0) is 29.0 Å². The van der Waals surface area contributed by atoms with Crippen molar-refractivity contribution in [3.8, 4) is 0 Å². The minimum absolute atomic E-state index is 0.526. The third-order valence-electron chi connectivity index (χ3n) is 3.41. The summed E-state index contributed by atoms with van der Waals surface area (Å²) in [7, 11) is 0. The van der Waals surface area contributed by atoms with Crippen LogP contribution in [0.4, 0.5) is 0 Å². The Morgan fingerprint density at radius 3 is 3.00 bits per heavy atom. The van der Waals surface area contributed by atoms with Gasteiger partial charge in [0.15, 0.2) is 0 Å². The van der Waals surface area contributed by atoms with E-state index in [1.165, 1.54) is 22.5 Å². The molecule has 1 aromatic carbocycles. The molecule has 2 heteroatoms. The highest BCUT2D eigenvalue weighted by Crippen LogP contribution is 2.48. The lowest BCUT2D eigenvalue weighted by atomic mass is 9.93. The van der Waals surface area contributed by atoms with E-state index in [0.717, 1.165) is 5.75 Å². The molecule has 0 spiro atoms. The van der Waals surface area contributed by atoms with Crippen molar-refractivity contribution in [2.75, 3.05) is 0 Å². The molecule has 0 saturated heterocycles. The van der Waals surface area contributed by atoms with Crippen LogP contribution >= 0.6 is 34.4 Å². The van der Waals surface area contributed by atoms with Crippen molar-refractivity contribution in [3.05, 3.63) is 58.0 Å². The molecule has 17 heavy (non-hydrogen) atoms. The molecule has 0 radical (unpaired) electrons. The van der Waals surface area contributed by atoms with Crippen LogP contribution in [0.1, 0.15) is 28.4 Å². The quantitative estimate of drug-likeness (QED) is 0.452. The van der Waals surface area contributed by atoms with E-state index in [1.54, 1.807) is 5.57 Å². The van der Waals surface area contributed by atoms with Gasteiger partial charge < -0.3 is 0 Å². The lowest BCUT2D eigenvalue weighted by molar-refractivity contribution is 0.726. The number of thioether (sulfide) groups is 1. The molecule has 1 heterocycles. The van der Waals surface area contributed by atoms with Crippen molar-refractivity contribution in [2.45, 2.75) is 23.0 Å². The van der Waals surface area contributed by atoms with Crippen LogP contribution in [-0.2, 0) is 5.75 Å². The molecular weight excluding hydrogens is 339 g/mol. The Morgan fingerprint density at radius 2 is 2.12 bits per heavy atom. The number of fused-ring (bicyclic) bond motifs is 2. The summed E-state index contributed by atoms with van der Waals surface area (Å²) in [6.45, 7) is 2.31. The average Bonchev–Trinajstić information content (AvgIpc) is 2.48. The van der Waals surface area contributed by atoms with Crippen molar-refractivity contribution < 1.29 is 0 Å². The minimum Gasteiger partial charge on any atom is -0.121 e. The largest absolute Gasteiger partial charge is 0.121 e. The lowest BCUT2D eigenvalue weighted by Crippen LogP contribution is -2.03. The number of benzene rings is 1. The minimum atomic E-state index is 0.526. The average molecular weight is 354 g/mol. The number of rotatable bonds is 0. The molecule has 0 saturated carbocycles. The molecule has 0 aromatic heterocycles. The number of hydrogen-bond acceptors (Lipinski definition) is 1. The molecule has 1 aliphatic carbocycles. The van der Waals surface area contributed by atoms with Gasteiger partial charge >= 0.3 is 0 Å². The van der Waals surface area contributed by atoms with Crippen molar-refractivity contribution in [3.63, 3.8) is 0 Å². The van der Waals surface area contributed by atoms with Crippen molar-refractivity contribution >= 4 is 34.4 Å². The Bertz CT molecular complexity index is 501. The van der Waals surface area contributed by atoms with Crippen LogP contribution in [0.3, 0.4) is 0 Å². The predicted octanol–water partition coefficient (Wildman–Crippen LogP) is 5.26. The Labute approximate surface area is 121 Å². The summed E-state index contributed by atoms with van der Waals surface area (Å²) in [6, 6.07) is 8.88. The third-order valence-corrected chi connectivity index (χ3v) is 5.89. The Balaban J connectivity index is 2.07. The zero-order chi connectivity index (χ0) is 11.8. The third kappa shape index (κ3) is 2.22. The van der Waals surface area contributed by atoms with Gasteiger partial charge in [-0.2, -0.15) is 0 Å². The highest BCUT2D eigenvalue weighted by molar-refractivity contribution is 14.1. The predicted molar refractivity (Wildman–Crippen MR) is 84.4 cm³/mol. The molecule has 2 unspecified atom stereocenters. The van der Waals surface area contributed by atoms with Gasteiger partial charge in [-0.3, -0.25) is 0 Å². The standard InChI is InChI=1S/C15H15IS/c1-10-6-7-13-14(8-10)17-9-11-4-2-3-5-12(11)15(13)16/h2-5,7-8,10,15H,6,9H2,1H3. The monoisotopic (exact) mass is 354 g/mol. The first-order chi connectivity index (χ1) is 8.25. The van der Waals surface area contributed by atoms with E-state index >= 15 is 0 Å². The molecule has 0 fully saturated rings. The summed E-state index contributed by atoms with van der Waals surface area (Å²) < 4.78 is 0.526. The Morgan fingerprint density at radius 1 is 1.29 bits per heavy atom. The second kappa shape index (κ2) is 4.81.